The van der Waals surface area contributed by atoms with Crippen LogP contribution in [0.2, 0.25) is 0 Å². The Morgan fingerprint density at radius 3 is 1.91 bits per heavy atom. The van der Waals surface area contributed by atoms with Crippen LogP contribution in [0.4, 0.5) is 0 Å². The zero-order valence-electron chi connectivity index (χ0n) is 17.4. The van der Waals surface area contributed by atoms with Crippen LogP contribution in [0.15, 0.2) is 68.0 Å². The van der Waals surface area contributed by atoms with Gasteiger partial charge in [0.05, 0.1) is 31.7 Å². The first-order chi connectivity index (χ1) is 16.4. The van der Waals surface area contributed by atoms with E-state index in [0.717, 1.165) is 60.5 Å². The number of aromatic nitrogens is 4. The number of nitrogens with zero attached hydrogens (tertiary/aromatic N) is 2. The molecule has 0 atom stereocenters. The van der Waals surface area contributed by atoms with Crippen LogP contribution in [0.1, 0.15) is 28.3 Å². The molecule has 0 spiro atoms. The topological polar surface area (TPSA) is 77.6 Å². The Morgan fingerprint density at radius 2 is 1.24 bits per heavy atom. The number of aromatic hydroxyl groups is 1. The van der Waals surface area contributed by atoms with Crippen molar-refractivity contribution in [2.75, 3.05) is 0 Å². The first-order valence-electron chi connectivity index (χ1n) is 10.4. The highest BCUT2D eigenvalue weighted by molar-refractivity contribution is 9.11. The van der Waals surface area contributed by atoms with E-state index in [4.69, 9.17) is 9.97 Å². The summed E-state index contributed by atoms with van der Waals surface area (Å²) >= 11 is 10.6. The van der Waals surface area contributed by atoms with Crippen molar-refractivity contribution in [1.29, 1.82) is 0 Å². The monoisotopic (exact) mass is 636 g/mol. The van der Waals surface area contributed by atoms with Crippen LogP contribution in [-0.4, -0.2) is 25.0 Å². The first kappa shape index (κ1) is 21.6. The minimum Gasteiger partial charge on any atom is -0.506 e. The summed E-state index contributed by atoms with van der Waals surface area (Å²) < 4.78 is 2.00. The number of nitrogens with one attached hydrogen (secondary N) is 2. The second-order valence-corrected chi connectivity index (χ2v) is 10.5. The summed E-state index contributed by atoms with van der Waals surface area (Å²) in [7, 11) is 0. The third-order valence-electron chi connectivity index (χ3n) is 5.58. The molecule has 5 heterocycles. The van der Waals surface area contributed by atoms with E-state index < -0.39 is 0 Å². The third kappa shape index (κ3) is 3.96. The fourth-order valence-corrected chi connectivity index (χ4v) is 6.59. The molecular formula is C26H15Br3N4O. The number of halogens is 3. The van der Waals surface area contributed by atoms with Crippen molar-refractivity contribution in [3.63, 3.8) is 0 Å². The Morgan fingerprint density at radius 1 is 0.647 bits per heavy atom. The summed E-state index contributed by atoms with van der Waals surface area (Å²) in [5, 5.41) is 10.6. The largest absolute Gasteiger partial charge is 0.506 e. The number of phenols is 1. The molecule has 0 amide bonds. The average molecular weight is 639 g/mol. The highest BCUT2D eigenvalue weighted by Crippen LogP contribution is 2.45. The number of fused-ring (bicyclic) bond motifs is 8. The Balaban J connectivity index is 1.66. The first-order valence-corrected chi connectivity index (χ1v) is 12.8. The lowest BCUT2D eigenvalue weighted by molar-refractivity contribution is 0.468. The molecule has 5 nitrogen and oxygen atoms in total. The van der Waals surface area contributed by atoms with Crippen LogP contribution in [0, 0.1) is 0 Å². The van der Waals surface area contributed by atoms with Gasteiger partial charge in [-0.2, -0.15) is 0 Å². The quantitative estimate of drug-likeness (QED) is 0.170. The number of aromatic amines is 2. The van der Waals surface area contributed by atoms with Gasteiger partial charge in [-0.25, -0.2) is 9.97 Å². The second kappa shape index (κ2) is 8.37. The predicted octanol–water partition coefficient (Wildman–Crippen LogP) is 8.07. The Bertz CT molecular complexity index is 1710. The van der Waals surface area contributed by atoms with Crippen molar-refractivity contribution in [1.82, 2.24) is 19.9 Å². The van der Waals surface area contributed by atoms with Crippen molar-refractivity contribution >= 4 is 93.7 Å². The van der Waals surface area contributed by atoms with Gasteiger partial charge in [0.25, 0.3) is 0 Å². The molecule has 3 N–H and O–H groups in total. The molecule has 4 aromatic rings. The lowest BCUT2D eigenvalue weighted by Crippen LogP contribution is -1.91. The van der Waals surface area contributed by atoms with Crippen LogP contribution in [0.25, 0.3) is 45.9 Å². The molecule has 0 unspecified atom stereocenters. The van der Waals surface area contributed by atoms with E-state index in [2.05, 4.69) is 63.8 Å². The number of rotatable bonds is 1. The SMILES string of the molecule is Oc1c(Br)cc(Br)c(C2=Cc3cc4ccc(cc5ccc(cc6nc(cc2n3)C=C6)[nH]5)[nH]4)c1Br. The van der Waals surface area contributed by atoms with E-state index in [9.17, 15) is 5.11 Å². The number of H-pyrrole nitrogens is 2. The minimum atomic E-state index is 0.132. The second-order valence-electron chi connectivity index (χ2n) is 7.97. The predicted molar refractivity (Wildman–Crippen MR) is 148 cm³/mol. The molecule has 0 saturated carbocycles. The fourth-order valence-electron chi connectivity index (χ4n) is 4.04. The molecule has 0 fully saturated rings. The van der Waals surface area contributed by atoms with Crippen molar-refractivity contribution in [3.8, 4) is 5.75 Å². The van der Waals surface area contributed by atoms with Gasteiger partial charge in [-0.05, 0) is 105 Å². The zero-order valence-corrected chi connectivity index (χ0v) is 22.2. The van der Waals surface area contributed by atoms with E-state index in [1.54, 1.807) is 0 Å². The molecule has 166 valence electrons. The van der Waals surface area contributed by atoms with Gasteiger partial charge in [0.1, 0.15) is 5.75 Å². The minimum absolute atomic E-state index is 0.132. The number of benzene rings is 1. The van der Waals surface area contributed by atoms with Gasteiger partial charge in [0.15, 0.2) is 0 Å². The summed E-state index contributed by atoms with van der Waals surface area (Å²) in [6.45, 7) is 0. The fraction of sp³-hybridized carbons (Fsp3) is 0. The van der Waals surface area contributed by atoms with Crippen LogP contribution < -0.4 is 0 Å². The summed E-state index contributed by atoms with van der Waals surface area (Å²) in [5.74, 6) is 0.132. The molecule has 8 heteroatoms. The third-order valence-corrected chi connectivity index (χ3v) is 7.58. The van der Waals surface area contributed by atoms with E-state index in [1.165, 1.54) is 0 Å². The van der Waals surface area contributed by atoms with Crippen LogP contribution in [0.3, 0.4) is 0 Å². The Hall–Kier alpha value is -2.94. The molecule has 34 heavy (non-hydrogen) atoms. The summed E-state index contributed by atoms with van der Waals surface area (Å²) in [6, 6.07) is 18.0. The highest BCUT2D eigenvalue weighted by atomic mass is 79.9. The van der Waals surface area contributed by atoms with Crippen molar-refractivity contribution < 1.29 is 5.11 Å². The summed E-state index contributed by atoms with van der Waals surface area (Å²) in [5.41, 5.74) is 8.82. The maximum absolute atomic E-state index is 10.6. The lowest BCUT2D eigenvalue weighted by atomic mass is 10.0. The average Bonchev–Trinajstić information content (AvgIpc) is 3.58. The smallest absolute Gasteiger partial charge is 0.144 e. The normalized spacial score (nSPS) is 12.7. The number of hydrogen-bond acceptors (Lipinski definition) is 3. The van der Waals surface area contributed by atoms with E-state index >= 15 is 0 Å². The molecule has 0 radical (unpaired) electrons. The molecule has 0 aliphatic carbocycles. The van der Waals surface area contributed by atoms with Gasteiger partial charge in [0.2, 0.25) is 0 Å². The lowest BCUT2D eigenvalue weighted by Gasteiger charge is -2.11. The van der Waals surface area contributed by atoms with Crippen LogP contribution >= 0.6 is 47.8 Å². The molecule has 8 bridgehead atoms. The van der Waals surface area contributed by atoms with Crippen molar-refractivity contribution in [3.05, 3.63) is 96.4 Å². The molecule has 2 aliphatic rings. The van der Waals surface area contributed by atoms with Gasteiger partial charge in [-0.1, -0.05) is 15.9 Å². The highest BCUT2D eigenvalue weighted by Gasteiger charge is 2.22. The maximum atomic E-state index is 10.6. The van der Waals surface area contributed by atoms with E-state index in [0.29, 0.717) is 8.95 Å². The van der Waals surface area contributed by atoms with Gasteiger partial charge in [0, 0.05) is 37.7 Å². The Labute approximate surface area is 219 Å². The molecule has 2 aliphatic heterocycles. The summed E-state index contributed by atoms with van der Waals surface area (Å²) in [4.78, 5) is 16.5. The van der Waals surface area contributed by atoms with Crippen molar-refractivity contribution in [2.24, 2.45) is 0 Å². The standard InChI is InChI=1S/C26H15Br3N4O/c27-21-12-22(28)26(34)25(29)24(21)20-10-19-9-17-4-3-15(31-17)7-13-1-2-14(30-13)8-16-5-6-18(32-16)11-23(20)33-19/h1-12,30-31,34H. The molecule has 3 aromatic heterocycles. The molecule has 0 saturated heterocycles. The molecular weight excluding hydrogens is 624 g/mol. The van der Waals surface area contributed by atoms with E-state index in [1.807, 2.05) is 66.8 Å². The van der Waals surface area contributed by atoms with Gasteiger partial charge in [-0.15, -0.1) is 0 Å². The molecule has 6 rings (SSSR count). The zero-order chi connectivity index (χ0) is 23.4. The molecule has 1 aromatic carbocycles. The van der Waals surface area contributed by atoms with Crippen LogP contribution in [0.5, 0.6) is 5.75 Å². The van der Waals surface area contributed by atoms with E-state index in [-0.39, 0.29) is 5.75 Å². The van der Waals surface area contributed by atoms with Gasteiger partial charge >= 0.3 is 0 Å². The van der Waals surface area contributed by atoms with Gasteiger partial charge < -0.3 is 15.1 Å². The summed E-state index contributed by atoms with van der Waals surface area (Å²) in [6.07, 6.45) is 5.97. The van der Waals surface area contributed by atoms with Crippen molar-refractivity contribution in [2.45, 2.75) is 0 Å². The van der Waals surface area contributed by atoms with Gasteiger partial charge in [-0.3, -0.25) is 0 Å². The number of hydrogen-bond donors (Lipinski definition) is 3. The Kier molecular flexibility index (Phi) is 5.32. The maximum Gasteiger partial charge on any atom is 0.144 e. The van der Waals surface area contributed by atoms with Crippen LogP contribution in [-0.2, 0) is 0 Å². The number of phenolic OH excluding ortho intramolecular Hbond substituents is 1.